The maximum atomic E-state index is 9.15. The molecule has 0 saturated carbocycles. The normalized spacial score (nSPS) is 10.4. The van der Waals surface area contributed by atoms with E-state index in [9.17, 15) is 0 Å². The van der Waals surface area contributed by atoms with Crippen LogP contribution in [-0.2, 0) is 0 Å². The molecule has 2 N–H and O–H groups in total. The Hall–Kier alpha value is -2.20. The molecular formula is C15H9IN2O2. The lowest BCUT2D eigenvalue weighted by atomic mass is 10.2. The Morgan fingerprint density at radius 3 is 2.75 bits per heavy atom. The SMILES string of the molecule is N#Cc1oc2ccccc2c1Oc1ccc(I)cc1N. The van der Waals surface area contributed by atoms with Gasteiger partial charge in [0, 0.05) is 3.57 Å². The summed E-state index contributed by atoms with van der Waals surface area (Å²) in [5.41, 5.74) is 7.06. The van der Waals surface area contributed by atoms with Crippen molar-refractivity contribution in [1.82, 2.24) is 0 Å². The Morgan fingerprint density at radius 2 is 2.00 bits per heavy atom. The molecule has 4 nitrogen and oxygen atoms in total. The van der Waals surface area contributed by atoms with Crippen molar-refractivity contribution in [3.05, 3.63) is 51.8 Å². The first-order valence-corrected chi connectivity index (χ1v) is 6.91. The number of ether oxygens (including phenoxy) is 1. The minimum absolute atomic E-state index is 0.143. The number of nitrogens with zero attached hydrogens (tertiary/aromatic N) is 1. The fourth-order valence-corrected chi connectivity index (χ4v) is 2.43. The number of nitrogen functional groups attached to an aromatic ring is 1. The third kappa shape index (κ3) is 2.18. The van der Waals surface area contributed by atoms with Gasteiger partial charge in [-0.25, -0.2) is 0 Å². The van der Waals surface area contributed by atoms with Crippen LogP contribution in [0.1, 0.15) is 5.76 Å². The van der Waals surface area contributed by atoms with Crippen molar-refractivity contribution < 1.29 is 9.15 Å². The van der Waals surface area contributed by atoms with Crippen molar-refractivity contribution in [3.63, 3.8) is 0 Å². The number of hydrogen-bond acceptors (Lipinski definition) is 4. The number of halogens is 1. The highest BCUT2D eigenvalue weighted by molar-refractivity contribution is 14.1. The highest BCUT2D eigenvalue weighted by atomic mass is 127. The molecular weight excluding hydrogens is 367 g/mol. The van der Waals surface area contributed by atoms with Crippen LogP contribution in [0.5, 0.6) is 11.5 Å². The van der Waals surface area contributed by atoms with Crippen molar-refractivity contribution >= 4 is 39.2 Å². The standard InChI is InChI=1S/C15H9IN2O2/c16-9-5-6-13(11(18)7-9)20-15-10-3-1-2-4-12(10)19-14(15)8-17/h1-7H,18H2. The lowest BCUT2D eigenvalue weighted by Gasteiger charge is -2.07. The highest BCUT2D eigenvalue weighted by Gasteiger charge is 2.16. The molecule has 0 aliphatic rings. The zero-order chi connectivity index (χ0) is 14.1. The van der Waals surface area contributed by atoms with Gasteiger partial charge in [0.05, 0.1) is 11.1 Å². The van der Waals surface area contributed by atoms with Gasteiger partial charge in [0.15, 0.2) is 11.5 Å². The van der Waals surface area contributed by atoms with Crippen LogP contribution < -0.4 is 10.5 Å². The number of rotatable bonds is 2. The van der Waals surface area contributed by atoms with Crippen LogP contribution in [0.2, 0.25) is 0 Å². The van der Waals surface area contributed by atoms with Crippen LogP contribution in [0.4, 0.5) is 5.69 Å². The van der Waals surface area contributed by atoms with Gasteiger partial charge in [-0.2, -0.15) is 5.26 Å². The van der Waals surface area contributed by atoms with Gasteiger partial charge >= 0.3 is 0 Å². The summed E-state index contributed by atoms with van der Waals surface area (Å²) in [5.74, 6) is 1.05. The number of hydrogen-bond donors (Lipinski definition) is 1. The Morgan fingerprint density at radius 1 is 1.20 bits per heavy atom. The summed E-state index contributed by atoms with van der Waals surface area (Å²) in [4.78, 5) is 0. The first-order chi connectivity index (χ1) is 9.69. The number of furan rings is 1. The van der Waals surface area contributed by atoms with Gasteiger partial charge in [-0.15, -0.1) is 0 Å². The Bertz CT molecular complexity index is 833. The van der Waals surface area contributed by atoms with Crippen molar-refractivity contribution in [1.29, 1.82) is 5.26 Å². The van der Waals surface area contributed by atoms with E-state index in [2.05, 4.69) is 22.6 Å². The van der Waals surface area contributed by atoms with Crippen LogP contribution in [0.3, 0.4) is 0 Å². The van der Waals surface area contributed by atoms with Gasteiger partial charge in [-0.1, -0.05) is 12.1 Å². The number of nitrogens with two attached hydrogens (primary N) is 1. The number of benzene rings is 2. The zero-order valence-corrected chi connectivity index (χ0v) is 12.4. The monoisotopic (exact) mass is 376 g/mol. The molecule has 98 valence electrons. The summed E-state index contributed by atoms with van der Waals surface area (Å²) in [6.07, 6.45) is 0. The number of nitriles is 1. The lowest BCUT2D eigenvalue weighted by Crippen LogP contribution is -1.93. The van der Waals surface area contributed by atoms with E-state index in [-0.39, 0.29) is 5.76 Å². The van der Waals surface area contributed by atoms with E-state index in [1.54, 1.807) is 12.1 Å². The first-order valence-electron chi connectivity index (χ1n) is 5.83. The Balaban J connectivity index is 2.12. The Kier molecular flexibility index (Phi) is 3.24. The van der Waals surface area contributed by atoms with Gasteiger partial charge in [0.1, 0.15) is 11.7 Å². The van der Waals surface area contributed by atoms with Crippen molar-refractivity contribution in [2.75, 3.05) is 5.73 Å². The minimum atomic E-state index is 0.143. The van der Waals surface area contributed by atoms with Crippen LogP contribution in [0.15, 0.2) is 46.9 Å². The van der Waals surface area contributed by atoms with Gasteiger partial charge in [-0.3, -0.25) is 0 Å². The fourth-order valence-electron chi connectivity index (χ4n) is 1.92. The van der Waals surface area contributed by atoms with E-state index < -0.39 is 0 Å². The molecule has 1 aromatic heterocycles. The van der Waals surface area contributed by atoms with Crippen molar-refractivity contribution in [2.45, 2.75) is 0 Å². The molecule has 0 spiro atoms. The molecule has 1 heterocycles. The molecule has 2 aromatic carbocycles. The lowest BCUT2D eigenvalue weighted by molar-refractivity contribution is 0.469. The minimum Gasteiger partial charge on any atom is -0.450 e. The quantitative estimate of drug-likeness (QED) is 0.535. The second-order valence-corrected chi connectivity index (χ2v) is 5.40. The third-order valence-corrected chi connectivity index (χ3v) is 3.51. The van der Waals surface area contributed by atoms with E-state index in [0.29, 0.717) is 22.8 Å². The predicted octanol–water partition coefficient (Wildman–Crippen LogP) is 4.28. The third-order valence-electron chi connectivity index (χ3n) is 2.84. The summed E-state index contributed by atoms with van der Waals surface area (Å²) >= 11 is 2.17. The van der Waals surface area contributed by atoms with E-state index in [0.717, 1.165) is 8.96 Å². The molecule has 0 fully saturated rings. The Labute approximate surface area is 128 Å². The second-order valence-electron chi connectivity index (χ2n) is 4.15. The fraction of sp³-hybridized carbons (Fsp3) is 0. The highest BCUT2D eigenvalue weighted by Crippen LogP contribution is 2.37. The zero-order valence-electron chi connectivity index (χ0n) is 10.3. The van der Waals surface area contributed by atoms with Crippen LogP contribution in [0, 0.1) is 14.9 Å². The molecule has 0 aliphatic carbocycles. The van der Waals surface area contributed by atoms with E-state index in [1.807, 2.05) is 36.4 Å². The van der Waals surface area contributed by atoms with Crippen LogP contribution >= 0.6 is 22.6 Å². The summed E-state index contributed by atoms with van der Waals surface area (Å²) in [6.45, 7) is 0. The summed E-state index contributed by atoms with van der Waals surface area (Å²) in [6, 6.07) is 14.8. The molecule has 0 saturated heterocycles. The molecule has 0 amide bonds. The van der Waals surface area contributed by atoms with E-state index in [4.69, 9.17) is 20.1 Å². The maximum absolute atomic E-state index is 9.15. The van der Waals surface area contributed by atoms with Gasteiger partial charge in [-0.05, 0) is 52.9 Å². The summed E-state index contributed by atoms with van der Waals surface area (Å²) in [7, 11) is 0. The summed E-state index contributed by atoms with van der Waals surface area (Å²) in [5, 5.41) is 9.91. The molecule has 0 bridgehead atoms. The van der Waals surface area contributed by atoms with Gasteiger partial charge < -0.3 is 14.9 Å². The second kappa shape index (κ2) is 5.06. The maximum Gasteiger partial charge on any atom is 0.247 e. The number of fused-ring (bicyclic) bond motifs is 1. The molecule has 5 heteroatoms. The van der Waals surface area contributed by atoms with Crippen LogP contribution in [0.25, 0.3) is 11.0 Å². The average Bonchev–Trinajstić information content (AvgIpc) is 2.80. The molecule has 3 aromatic rings. The molecule has 3 rings (SSSR count). The number of anilines is 1. The van der Waals surface area contributed by atoms with Crippen LogP contribution in [-0.4, -0.2) is 0 Å². The van der Waals surface area contributed by atoms with Gasteiger partial charge in [0.2, 0.25) is 5.76 Å². The molecule has 20 heavy (non-hydrogen) atoms. The molecule has 0 unspecified atom stereocenters. The average molecular weight is 376 g/mol. The molecule has 0 radical (unpaired) electrons. The summed E-state index contributed by atoms with van der Waals surface area (Å²) < 4.78 is 12.3. The first kappa shape index (κ1) is 12.8. The number of para-hydroxylation sites is 1. The topological polar surface area (TPSA) is 72.2 Å². The van der Waals surface area contributed by atoms with Crippen molar-refractivity contribution in [3.8, 4) is 17.6 Å². The van der Waals surface area contributed by atoms with Gasteiger partial charge in [0.25, 0.3) is 0 Å². The smallest absolute Gasteiger partial charge is 0.247 e. The molecule has 0 aliphatic heterocycles. The van der Waals surface area contributed by atoms with E-state index >= 15 is 0 Å². The van der Waals surface area contributed by atoms with E-state index in [1.165, 1.54) is 0 Å². The largest absolute Gasteiger partial charge is 0.450 e. The molecule has 0 atom stereocenters. The van der Waals surface area contributed by atoms with Crippen molar-refractivity contribution in [2.24, 2.45) is 0 Å². The predicted molar refractivity (Wildman–Crippen MR) is 84.6 cm³/mol.